The lowest BCUT2D eigenvalue weighted by Crippen LogP contribution is -1.75. The van der Waals surface area contributed by atoms with Crippen LogP contribution in [0.1, 0.15) is 36.4 Å². The van der Waals surface area contributed by atoms with Gasteiger partial charge in [0.1, 0.15) is 0 Å². The molecule has 0 aliphatic rings. The fourth-order valence-corrected chi connectivity index (χ4v) is 2.10. The molecule has 0 saturated heterocycles. The maximum Gasteiger partial charge on any atom is 0.0137 e. The van der Waals surface area contributed by atoms with Crippen molar-refractivity contribution in [2.24, 2.45) is 0 Å². The highest BCUT2D eigenvalue weighted by atomic mass is 32.1. The van der Waals surface area contributed by atoms with Gasteiger partial charge in [-0.25, -0.2) is 0 Å². The van der Waals surface area contributed by atoms with Crippen molar-refractivity contribution in [1.82, 2.24) is 0 Å². The molecule has 1 heterocycles. The van der Waals surface area contributed by atoms with Crippen LogP contribution in [0.15, 0.2) is 12.1 Å². The molecule has 0 saturated carbocycles. The van der Waals surface area contributed by atoms with Gasteiger partial charge in [-0.3, -0.25) is 0 Å². The predicted octanol–water partition coefficient (Wildman–Crippen LogP) is 3.66. The Bertz CT molecular complexity index is 298. The molecule has 0 atom stereocenters. The van der Waals surface area contributed by atoms with Gasteiger partial charge in [0.25, 0.3) is 0 Å². The summed E-state index contributed by atoms with van der Waals surface area (Å²) in [5.41, 5.74) is 0. The predicted molar refractivity (Wildman–Crippen MR) is 60.1 cm³/mol. The third-order valence-corrected chi connectivity index (χ3v) is 3.15. The standard InChI is InChI=1S/C12H16S/c1-3-5-6-7-8-12-10-9-11(4-2)13-12/h9-10H,3-4,7-8H2,1-2H3. The quantitative estimate of drug-likeness (QED) is 0.641. The monoisotopic (exact) mass is 192 g/mol. The van der Waals surface area contributed by atoms with Crippen LogP contribution in [0.4, 0.5) is 0 Å². The minimum Gasteiger partial charge on any atom is -0.145 e. The SMILES string of the molecule is CCC#CCCc1ccc(CC)s1. The second-order valence-electron chi connectivity index (χ2n) is 2.93. The van der Waals surface area contributed by atoms with Crippen LogP contribution in [0.3, 0.4) is 0 Å². The number of aryl methyl sites for hydroxylation is 2. The Kier molecular flexibility index (Phi) is 4.64. The molecular weight excluding hydrogens is 176 g/mol. The summed E-state index contributed by atoms with van der Waals surface area (Å²) in [6.07, 6.45) is 4.27. The molecule has 0 aliphatic carbocycles. The lowest BCUT2D eigenvalue weighted by atomic mass is 10.2. The maximum absolute atomic E-state index is 3.17. The van der Waals surface area contributed by atoms with E-state index in [0.29, 0.717) is 0 Å². The van der Waals surface area contributed by atoms with Crippen LogP contribution in [0.5, 0.6) is 0 Å². The van der Waals surface area contributed by atoms with Crippen LogP contribution in [0.25, 0.3) is 0 Å². The average molecular weight is 192 g/mol. The minimum absolute atomic E-state index is 0.977. The lowest BCUT2D eigenvalue weighted by molar-refractivity contribution is 1.05. The molecule has 0 fully saturated rings. The molecule has 0 aromatic carbocycles. The largest absolute Gasteiger partial charge is 0.145 e. The molecule has 0 amide bonds. The number of thiophene rings is 1. The lowest BCUT2D eigenvalue weighted by Gasteiger charge is -1.89. The Morgan fingerprint density at radius 3 is 2.54 bits per heavy atom. The van der Waals surface area contributed by atoms with Crippen molar-refractivity contribution in [1.29, 1.82) is 0 Å². The van der Waals surface area contributed by atoms with E-state index in [2.05, 4.69) is 37.8 Å². The van der Waals surface area contributed by atoms with E-state index in [4.69, 9.17) is 0 Å². The molecule has 13 heavy (non-hydrogen) atoms. The van der Waals surface area contributed by atoms with Crippen molar-refractivity contribution in [3.8, 4) is 11.8 Å². The summed E-state index contributed by atoms with van der Waals surface area (Å²) in [7, 11) is 0. The highest BCUT2D eigenvalue weighted by molar-refractivity contribution is 7.11. The average Bonchev–Trinajstić information content (AvgIpc) is 2.60. The summed E-state index contributed by atoms with van der Waals surface area (Å²) in [5, 5.41) is 0. The summed E-state index contributed by atoms with van der Waals surface area (Å²) in [5.74, 6) is 6.26. The third kappa shape index (κ3) is 3.65. The van der Waals surface area contributed by atoms with Crippen LogP contribution < -0.4 is 0 Å². The van der Waals surface area contributed by atoms with E-state index in [1.165, 1.54) is 9.75 Å². The first-order valence-electron chi connectivity index (χ1n) is 4.90. The van der Waals surface area contributed by atoms with Crippen LogP contribution >= 0.6 is 11.3 Å². The van der Waals surface area contributed by atoms with Crippen molar-refractivity contribution in [3.05, 3.63) is 21.9 Å². The van der Waals surface area contributed by atoms with Gasteiger partial charge in [0.05, 0.1) is 0 Å². The Hall–Kier alpha value is -0.740. The van der Waals surface area contributed by atoms with Gasteiger partial charge in [0.2, 0.25) is 0 Å². The minimum atomic E-state index is 0.977. The van der Waals surface area contributed by atoms with E-state index in [0.717, 1.165) is 25.7 Å². The molecule has 0 radical (unpaired) electrons. The molecule has 0 nitrogen and oxygen atoms in total. The molecule has 1 heteroatoms. The van der Waals surface area contributed by atoms with Gasteiger partial charge in [0.15, 0.2) is 0 Å². The second-order valence-corrected chi connectivity index (χ2v) is 4.18. The molecule has 0 spiro atoms. The van der Waals surface area contributed by atoms with Crippen molar-refractivity contribution in [2.45, 2.75) is 39.5 Å². The fraction of sp³-hybridized carbons (Fsp3) is 0.500. The normalized spacial score (nSPS) is 9.38. The summed E-state index contributed by atoms with van der Waals surface area (Å²) in [6.45, 7) is 4.29. The van der Waals surface area contributed by atoms with Crippen molar-refractivity contribution >= 4 is 11.3 Å². The molecule has 0 aliphatic heterocycles. The van der Waals surface area contributed by atoms with Crippen molar-refractivity contribution < 1.29 is 0 Å². The van der Waals surface area contributed by atoms with E-state index in [9.17, 15) is 0 Å². The summed E-state index contributed by atoms with van der Waals surface area (Å²) < 4.78 is 0. The number of hydrogen-bond acceptors (Lipinski definition) is 1. The topological polar surface area (TPSA) is 0 Å². The van der Waals surface area contributed by atoms with E-state index in [-0.39, 0.29) is 0 Å². The van der Waals surface area contributed by atoms with Crippen LogP contribution in [-0.4, -0.2) is 0 Å². The second kappa shape index (κ2) is 5.83. The molecule has 70 valence electrons. The zero-order valence-corrected chi connectivity index (χ0v) is 9.21. The zero-order chi connectivity index (χ0) is 9.52. The van der Waals surface area contributed by atoms with E-state index >= 15 is 0 Å². The first-order chi connectivity index (χ1) is 6.36. The van der Waals surface area contributed by atoms with Crippen LogP contribution in [0, 0.1) is 11.8 Å². The molecule has 0 unspecified atom stereocenters. The fourth-order valence-electron chi connectivity index (χ4n) is 1.15. The molecule has 1 rings (SSSR count). The van der Waals surface area contributed by atoms with Crippen LogP contribution in [-0.2, 0) is 12.8 Å². The Balaban J connectivity index is 2.36. The van der Waals surface area contributed by atoms with Gasteiger partial charge in [0, 0.05) is 22.6 Å². The van der Waals surface area contributed by atoms with Gasteiger partial charge >= 0.3 is 0 Å². The highest BCUT2D eigenvalue weighted by Gasteiger charge is 1.96. The zero-order valence-electron chi connectivity index (χ0n) is 8.39. The van der Waals surface area contributed by atoms with Gasteiger partial charge in [-0.1, -0.05) is 13.8 Å². The van der Waals surface area contributed by atoms with Gasteiger partial charge in [-0.2, -0.15) is 0 Å². The van der Waals surface area contributed by atoms with E-state index < -0.39 is 0 Å². The molecular formula is C12H16S. The molecule has 1 aromatic rings. The van der Waals surface area contributed by atoms with E-state index in [1.54, 1.807) is 0 Å². The molecule has 1 aromatic heterocycles. The first-order valence-corrected chi connectivity index (χ1v) is 5.71. The Morgan fingerprint density at radius 1 is 1.15 bits per heavy atom. The van der Waals surface area contributed by atoms with E-state index in [1.807, 2.05) is 11.3 Å². The summed E-state index contributed by atoms with van der Waals surface area (Å²) in [6, 6.07) is 4.46. The highest BCUT2D eigenvalue weighted by Crippen LogP contribution is 2.17. The number of rotatable bonds is 3. The van der Waals surface area contributed by atoms with Crippen molar-refractivity contribution in [3.63, 3.8) is 0 Å². The molecule has 0 N–H and O–H groups in total. The van der Waals surface area contributed by atoms with Gasteiger partial charge in [-0.15, -0.1) is 23.2 Å². The smallest absolute Gasteiger partial charge is 0.0137 e. The summed E-state index contributed by atoms with van der Waals surface area (Å²) >= 11 is 1.92. The Morgan fingerprint density at radius 2 is 1.92 bits per heavy atom. The summed E-state index contributed by atoms with van der Waals surface area (Å²) in [4.78, 5) is 2.96. The third-order valence-electron chi connectivity index (χ3n) is 1.86. The number of hydrogen-bond donors (Lipinski definition) is 0. The first kappa shape index (κ1) is 10.3. The van der Waals surface area contributed by atoms with Gasteiger partial charge in [-0.05, 0) is 25.0 Å². The maximum atomic E-state index is 3.17. The van der Waals surface area contributed by atoms with Crippen molar-refractivity contribution in [2.75, 3.05) is 0 Å². The van der Waals surface area contributed by atoms with Gasteiger partial charge < -0.3 is 0 Å². The van der Waals surface area contributed by atoms with Crippen LogP contribution in [0.2, 0.25) is 0 Å². The Labute approximate surface area is 85.0 Å². The molecule has 0 bridgehead atoms.